The summed E-state index contributed by atoms with van der Waals surface area (Å²) in [7, 11) is 0. The first-order valence-corrected chi connectivity index (χ1v) is 4.99. The van der Waals surface area contributed by atoms with Crippen LogP contribution in [0.5, 0.6) is 0 Å². The van der Waals surface area contributed by atoms with E-state index in [0.29, 0.717) is 0 Å². The van der Waals surface area contributed by atoms with E-state index in [1.165, 1.54) is 5.56 Å². The molecule has 0 fully saturated rings. The van der Waals surface area contributed by atoms with E-state index in [9.17, 15) is 0 Å². The van der Waals surface area contributed by atoms with Gasteiger partial charge >= 0.3 is 0 Å². The minimum atomic E-state index is 0. The van der Waals surface area contributed by atoms with Gasteiger partial charge in [0.1, 0.15) is 0 Å². The molecule has 0 aromatic heterocycles. The predicted molar refractivity (Wildman–Crippen MR) is 64.9 cm³/mol. The third-order valence-electron chi connectivity index (χ3n) is 1.70. The Morgan fingerprint density at radius 1 is 0.733 bits per heavy atom. The Bertz CT molecular complexity index is 308. The van der Waals surface area contributed by atoms with E-state index in [2.05, 4.69) is 31.7 Å². The van der Waals surface area contributed by atoms with Crippen molar-refractivity contribution in [2.45, 2.75) is 11.8 Å². The van der Waals surface area contributed by atoms with Gasteiger partial charge in [0.05, 0.1) is 0 Å². The van der Waals surface area contributed by atoms with Gasteiger partial charge in [-0.2, -0.15) is 0 Å². The number of aryl methyl sites for hydroxylation is 1. The molecule has 0 spiro atoms. The fourth-order valence-electron chi connectivity index (χ4n) is 0.962. The summed E-state index contributed by atoms with van der Waals surface area (Å²) < 4.78 is 0. The fraction of sp³-hybridized carbons (Fsp3) is 0.0769. The Labute approximate surface area is 110 Å². The molecule has 0 aliphatic heterocycles. The van der Waals surface area contributed by atoms with Gasteiger partial charge in [-0.05, 0) is 19.1 Å². The monoisotopic (exact) mass is 266 g/mol. The Morgan fingerprint density at radius 2 is 1.13 bits per heavy atom. The second-order valence-corrected chi connectivity index (χ2v) is 3.51. The summed E-state index contributed by atoms with van der Waals surface area (Å²) in [5, 5.41) is 0. The average Bonchev–Trinajstić information content (AvgIpc) is 2.21. The van der Waals surface area contributed by atoms with Crippen LogP contribution < -0.4 is 0 Å². The van der Waals surface area contributed by atoms with Crippen molar-refractivity contribution in [2.75, 3.05) is 0 Å². The van der Waals surface area contributed by atoms with E-state index in [1.54, 1.807) is 0 Å². The van der Waals surface area contributed by atoms with Gasteiger partial charge in [0.25, 0.3) is 0 Å². The van der Waals surface area contributed by atoms with E-state index < -0.39 is 0 Å². The largest absolute Gasteiger partial charge is 0.143 e. The molecule has 0 nitrogen and oxygen atoms in total. The molecule has 0 radical (unpaired) electrons. The summed E-state index contributed by atoms with van der Waals surface area (Å²) in [4.78, 5) is 1.02. The van der Waals surface area contributed by atoms with Gasteiger partial charge < -0.3 is 0 Å². The van der Waals surface area contributed by atoms with E-state index in [4.69, 9.17) is 0 Å². The van der Waals surface area contributed by atoms with Crippen LogP contribution in [0, 0.1) is 6.92 Å². The topological polar surface area (TPSA) is 0 Å². The zero-order valence-electron chi connectivity index (χ0n) is 8.93. The molecule has 0 unspecified atom stereocenters. The Morgan fingerprint density at radius 3 is 1.33 bits per heavy atom. The Kier molecular flexibility index (Phi) is 8.36. The van der Waals surface area contributed by atoms with Crippen molar-refractivity contribution < 1.29 is 19.5 Å². The van der Waals surface area contributed by atoms with Crippen LogP contribution in [0.25, 0.3) is 0 Å². The van der Waals surface area contributed by atoms with Gasteiger partial charge in [-0.3, -0.25) is 0 Å². The van der Waals surface area contributed by atoms with E-state index in [-0.39, 0.29) is 19.5 Å². The predicted octanol–water partition coefficient (Wildman–Crippen LogP) is 3.97. The standard InChI is InChI=1S/C7H8.C6H6S.Zn/c1-7-5-3-2-4-6-7;7-6-4-2-1-3-5-6;/h2-6H,1H3;1-5,7H;. The van der Waals surface area contributed by atoms with Crippen molar-refractivity contribution >= 4 is 12.6 Å². The smallest absolute Gasteiger partial charge is 0.00399 e. The van der Waals surface area contributed by atoms with Gasteiger partial charge in [-0.25, -0.2) is 0 Å². The molecule has 15 heavy (non-hydrogen) atoms. The Balaban J connectivity index is 0.000000245. The maximum absolute atomic E-state index is 4.08. The molecule has 0 saturated carbocycles. The molecule has 0 amide bonds. The summed E-state index contributed by atoms with van der Waals surface area (Å²) in [6.45, 7) is 2.08. The van der Waals surface area contributed by atoms with Crippen LogP contribution in [-0.2, 0) is 19.5 Å². The zero-order valence-corrected chi connectivity index (χ0v) is 12.8. The maximum atomic E-state index is 4.08. The fourth-order valence-corrected chi connectivity index (χ4v) is 1.13. The molecule has 0 atom stereocenters. The summed E-state index contributed by atoms with van der Waals surface area (Å²) in [5.41, 5.74) is 1.32. The van der Waals surface area contributed by atoms with Crippen LogP contribution in [-0.4, -0.2) is 0 Å². The molecule has 0 bridgehead atoms. The van der Waals surface area contributed by atoms with E-state index in [0.717, 1.165) is 4.90 Å². The minimum absolute atomic E-state index is 0. The number of thiol groups is 1. The van der Waals surface area contributed by atoms with Gasteiger partial charge in [0.15, 0.2) is 0 Å². The molecule has 2 rings (SSSR count). The molecular formula is C13H14SZn. The first kappa shape index (κ1) is 14.4. The second-order valence-electron chi connectivity index (χ2n) is 2.99. The molecule has 0 aliphatic rings. The number of rotatable bonds is 0. The third kappa shape index (κ3) is 7.35. The summed E-state index contributed by atoms with van der Waals surface area (Å²) >= 11 is 4.08. The zero-order chi connectivity index (χ0) is 10.2. The summed E-state index contributed by atoms with van der Waals surface area (Å²) in [5.74, 6) is 0. The molecule has 74 valence electrons. The molecular weight excluding hydrogens is 254 g/mol. The van der Waals surface area contributed by atoms with E-state index >= 15 is 0 Å². The van der Waals surface area contributed by atoms with Crippen LogP contribution in [0.3, 0.4) is 0 Å². The van der Waals surface area contributed by atoms with Crippen molar-refractivity contribution in [3.63, 3.8) is 0 Å². The third-order valence-corrected chi connectivity index (χ3v) is 1.99. The molecule has 0 saturated heterocycles. The molecule has 0 aliphatic carbocycles. The SMILES string of the molecule is Cc1ccccc1.Sc1ccccc1.[Zn]. The number of benzene rings is 2. The van der Waals surface area contributed by atoms with Crippen LogP contribution in [0.4, 0.5) is 0 Å². The number of hydrogen-bond acceptors (Lipinski definition) is 1. The van der Waals surface area contributed by atoms with Crippen LogP contribution >= 0.6 is 12.6 Å². The van der Waals surface area contributed by atoms with Crippen molar-refractivity contribution in [3.8, 4) is 0 Å². The van der Waals surface area contributed by atoms with Gasteiger partial charge in [0.2, 0.25) is 0 Å². The van der Waals surface area contributed by atoms with Crippen LogP contribution in [0.15, 0.2) is 65.6 Å². The summed E-state index contributed by atoms with van der Waals surface area (Å²) in [6.07, 6.45) is 0. The molecule has 0 N–H and O–H groups in total. The van der Waals surface area contributed by atoms with Gasteiger partial charge in [0, 0.05) is 24.4 Å². The van der Waals surface area contributed by atoms with E-state index in [1.807, 2.05) is 48.5 Å². The normalized spacial score (nSPS) is 8.13. The van der Waals surface area contributed by atoms with Crippen LogP contribution in [0.2, 0.25) is 0 Å². The van der Waals surface area contributed by atoms with Crippen molar-refractivity contribution in [1.29, 1.82) is 0 Å². The van der Waals surface area contributed by atoms with Crippen molar-refractivity contribution in [2.24, 2.45) is 0 Å². The van der Waals surface area contributed by atoms with Gasteiger partial charge in [-0.15, -0.1) is 12.6 Å². The van der Waals surface area contributed by atoms with Gasteiger partial charge in [-0.1, -0.05) is 54.1 Å². The molecule has 2 aromatic rings. The molecule has 0 heterocycles. The van der Waals surface area contributed by atoms with Crippen molar-refractivity contribution in [1.82, 2.24) is 0 Å². The van der Waals surface area contributed by atoms with Crippen molar-refractivity contribution in [3.05, 3.63) is 66.2 Å². The Hall–Kier alpha value is -0.587. The first-order valence-electron chi connectivity index (χ1n) is 4.54. The number of hydrogen-bond donors (Lipinski definition) is 1. The maximum Gasteiger partial charge on any atom is 0.00399 e. The summed E-state index contributed by atoms with van der Waals surface area (Å²) in [6, 6.07) is 20.0. The minimum Gasteiger partial charge on any atom is -0.143 e. The quantitative estimate of drug-likeness (QED) is 0.542. The van der Waals surface area contributed by atoms with Crippen LogP contribution in [0.1, 0.15) is 5.56 Å². The molecule has 2 aromatic carbocycles. The second kappa shape index (κ2) is 8.70. The first-order chi connectivity index (χ1) is 6.79. The average molecular weight is 268 g/mol. The molecule has 2 heteroatoms.